The lowest BCUT2D eigenvalue weighted by Gasteiger charge is -1.93. The number of hydrogen-bond donors (Lipinski definition) is 1. The van der Waals surface area contributed by atoms with Crippen LogP contribution in [-0.2, 0) is 0 Å². The summed E-state index contributed by atoms with van der Waals surface area (Å²) >= 11 is 0. The van der Waals surface area contributed by atoms with Crippen LogP contribution < -0.4 is 4.89 Å². The van der Waals surface area contributed by atoms with Gasteiger partial charge < -0.3 is 9.30 Å². The van der Waals surface area contributed by atoms with Crippen molar-refractivity contribution >= 4 is 11.0 Å². The highest BCUT2D eigenvalue weighted by atomic mass is 17.1. The molecule has 2 rings (SSSR count). The number of fused-ring (bicyclic) bond motifs is 1. The number of furan rings is 1. The molecular formula is C9H8O3. The van der Waals surface area contributed by atoms with E-state index < -0.39 is 0 Å². The molecule has 0 aliphatic carbocycles. The van der Waals surface area contributed by atoms with Crippen molar-refractivity contribution < 1.29 is 14.6 Å². The lowest BCUT2D eigenvalue weighted by molar-refractivity contribution is -0.137. The summed E-state index contributed by atoms with van der Waals surface area (Å²) in [6.07, 6.45) is 0. The fraction of sp³-hybridized carbons (Fsp3) is 0.111. The van der Waals surface area contributed by atoms with E-state index in [1.54, 1.807) is 12.1 Å². The molecule has 2 aromatic rings. The minimum atomic E-state index is 0.386. The van der Waals surface area contributed by atoms with Crippen molar-refractivity contribution in [1.82, 2.24) is 0 Å². The highest BCUT2D eigenvalue weighted by molar-refractivity contribution is 5.79. The lowest BCUT2D eigenvalue weighted by atomic mass is 10.2. The van der Waals surface area contributed by atoms with Crippen molar-refractivity contribution in [1.29, 1.82) is 0 Å². The Kier molecular flexibility index (Phi) is 1.52. The van der Waals surface area contributed by atoms with Gasteiger partial charge in [0.2, 0.25) is 0 Å². The first-order chi connectivity index (χ1) is 5.79. The highest BCUT2D eigenvalue weighted by Crippen LogP contribution is 2.23. The Morgan fingerprint density at radius 2 is 2.17 bits per heavy atom. The Morgan fingerprint density at radius 3 is 2.92 bits per heavy atom. The van der Waals surface area contributed by atoms with Gasteiger partial charge in [-0.25, -0.2) is 5.26 Å². The Hall–Kier alpha value is -1.48. The van der Waals surface area contributed by atoms with E-state index in [0.717, 1.165) is 16.7 Å². The standard InChI is InChI=1S/C9H8O3/c1-6-4-7-2-3-8(12-10)5-9(7)11-6/h2-5,10H,1H3. The van der Waals surface area contributed by atoms with Crippen molar-refractivity contribution in [2.24, 2.45) is 0 Å². The average molecular weight is 164 g/mol. The third-order valence-corrected chi connectivity index (χ3v) is 1.72. The molecule has 0 fully saturated rings. The third kappa shape index (κ3) is 1.04. The zero-order valence-electron chi connectivity index (χ0n) is 6.57. The van der Waals surface area contributed by atoms with Crippen LogP contribution in [0, 0.1) is 6.92 Å². The summed E-state index contributed by atoms with van der Waals surface area (Å²) in [6, 6.07) is 7.08. The van der Waals surface area contributed by atoms with E-state index in [4.69, 9.17) is 9.67 Å². The van der Waals surface area contributed by atoms with Gasteiger partial charge in [0.1, 0.15) is 11.3 Å². The molecule has 0 aliphatic rings. The van der Waals surface area contributed by atoms with Gasteiger partial charge in [0.15, 0.2) is 5.75 Å². The smallest absolute Gasteiger partial charge is 0.168 e. The van der Waals surface area contributed by atoms with Crippen LogP contribution in [0.1, 0.15) is 5.76 Å². The third-order valence-electron chi connectivity index (χ3n) is 1.72. The fourth-order valence-electron chi connectivity index (χ4n) is 1.20. The van der Waals surface area contributed by atoms with Crippen LogP contribution in [0.4, 0.5) is 0 Å². The minimum absolute atomic E-state index is 0.386. The van der Waals surface area contributed by atoms with E-state index in [9.17, 15) is 0 Å². The molecule has 62 valence electrons. The SMILES string of the molecule is Cc1cc2ccc(OO)cc2o1. The summed E-state index contributed by atoms with van der Waals surface area (Å²) in [5, 5.41) is 9.37. The molecule has 0 unspecified atom stereocenters. The van der Waals surface area contributed by atoms with Gasteiger partial charge >= 0.3 is 0 Å². The highest BCUT2D eigenvalue weighted by Gasteiger charge is 2.01. The molecule has 0 saturated carbocycles. The summed E-state index contributed by atoms with van der Waals surface area (Å²) in [7, 11) is 0. The van der Waals surface area contributed by atoms with Gasteiger partial charge in [-0.3, -0.25) is 0 Å². The van der Waals surface area contributed by atoms with Crippen LogP contribution in [0.25, 0.3) is 11.0 Å². The van der Waals surface area contributed by atoms with Crippen molar-refractivity contribution in [3.05, 3.63) is 30.0 Å². The molecule has 1 aromatic carbocycles. The summed E-state index contributed by atoms with van der Waals surface area (Å²) in [5.74, 6) is 1.23. The zero-order valence-corrected chi connectivity index (χ0v) is 6.57. The van der Waals surface area contributed by atoms with Gasteiger partial charge in [0.05, 0.1) is 0 Å². The van der Waals surface area contributed by atoms with Crippen LogP contribution in [0.3, 0.4) is 0 Å². The zero-order chi connectivity index (χ0) is 8.55. The van der Waals surface area contributed by atoms with E-state index in [0.29, 0.717) is 5.75 Å². The maximum atomic E-state index is 8.36. The second-order valence-corrected chi connectivity index (χ2v) is 2.65. The Balaban J connectivity index is 2.66. The van der Waals surface area contributed by atoms with E-state index in [1.807, 2.05) is 19.1 Å². The number of aryl methyl sites for hydroxylation is 1. The maximum absolute atomic E-state index is 8.36. The van der Waals surface area contributed by atoms with Gasteiger partial charge in [0.25, 0.3) is 0 Å². The fourth-order valence-corrected chi connectivity index (χ4v) is 1.20. The molecule has 1 heterocycles. The van der Waals surface area contributed by atoms with E-state index in [2.05, 4.69) is 4.89 Å². The first-order valence-corrected chi connectivity index (χ1v) is 3.61. The summed E-state index contributed by atoms with van der Waals surface area (Å²) < 4.78 is 5.32. The van der Waals surface area contributed by atoms with Crippen LogP contribution in [0.15, 0.2) is 28.7 Å². The Labute approximate surface area is 69.1 Å². The molecule has 0 amide bonds. The molecule has 1 N–H and O–H groups in total. The minimum Gasteiger partial charge on any atom is -0.461 e. The molecule has 3 nitrogen and oxygen atoms in total. The van der Waals surface area contributed by atoms with Gasteiger partial charge in [-0.1, -0.05) is 0 Å². The molecule has 0 atom stereocenters. The second-order valence-electron chi connectivity index (χ2n) is 2.65. The summed E-state index contributed by atoms with van der Waals surface area (Å²) in [5.41, 5.74) is 0.721. The van der Waals surface area contributed by atoms with Gasteiger partial charge in [-0.15, -0.1) is 0 Å². The molecular weight excluding hydrogens is 156 g/mol. The van der Waals surface area contributed by atoms with E-state index in [-0.39, 0.29) is 0 Å². The number of hydrogen-bond acceptors (Lipinski definition) is 3. The van der Waals surface area contributed by atoms with Crippen molar-refractivity contribution in [2.45, 2.75) is 6.92 Å². The van der Waals surface area contributed by atoms with Crippen LogP contribution >= 0.6 is 0 Å². The molecule has 0 bridgehead atoms. The second kappa shape index (κ2) is 2.53. The van der Waals surface area contributed by atoms with Crippen molar-refractivity contribution in [2.75, 3.05) is 0 Å². The van der Waals surface area contributed by atoms with Crippen LogP contribution in [0.2, 0.25) is 0 Å². The predicted octanol–water partition coefficient (Wildman–Crippen LogP) is 2.59. The topological polar surface area (TPSA) is 42.6 Å². The van der Waals surface area contributed by atoms with Gasteiger partial charge in [-0.2, -0.15) is 0 Å². The Bertz CT molecular complexity index is 403. The maximum Gasteiger partial charge on any atom is 0.168 e. The van der Waals surface area contributed by atoms with Crippen molar-refractivity contribution in [3.63, 3.8) is 0 Å². The van der Waals surface area contributed by atoms with Gasteiger partial charge in [-0.05, 0) is 25.1 Å². The quantitative estimate of drug-likeness (QED) is 0.520. The number of rotatable bonds is 1. The summed E-state index contributed by atoms with van der Waals surface area (Å²) in [6.45, 7) is 1.87. The molecule has 0 aliphatic heterocycles. The normalized spacial score (nSPS) is 10.5. The first kappa shape index (κ1) is 7.18. The molecule has 0 saturated heterocycles. The van der Waals surface area contributed by atoms with E-state index in [1.165, 1.54) is 0 Å². The molecule has 12 heavy (non-hydrogen) atoms. The molecule has 0 spiro atoms. The lowest BCUT2D eigenvalue weighted by Crippen LogP contribution is -1.81. The van der Waals surface area contributed by atoms with Crippen LogP contribution in [-0.4, -0.2) is 5.26 Å². The molecule has 3 heteroatoms. The summed E-state index contributed by atoms with van der Waals surface area (Å²) in [4.78, 5) is 4.07. The largest absolute Gasteiger partial charge is 0.461 e. The first-order valence-electron chi connectivity index (χ1n) is 3.61. The predicted molar refractivity (Wildman–Crippen MR) is 44.2 cm³/mol. The van der Waals surface area contributed by atoms with E-state index >= 15 is 0 Å². The molecule has 1 aromatic heterocycles. The average Bonchev–Trinajstić information content (AvgIpc) is 2.43. The molecule has 0 radical (unpaired) electrons. The Morgan fingerprint density at radius 1 is 1.33 bits per heavy atom. The van der Waals surface area contributed by atoms with Crippen LogP contribution in [0.5, 0.6) is 5.75 Å². The monoisotopic (exact) mass is 164 g/mol. The number of benzene rings is 1. The van der Waals surface area contributed by atoms with Crippen molar-refractivity contribution in [3.8, 4) is 5.75 Å². The van der Waals surface area contributed by atoms with Gasteiger partial charge in [0, 0.05) is 11.5 Å².